The highest BCUT2D eigenvalue weighted by Crippen LogP contribution is 2.30. The standard InChI is InChI=1S/C18H29N3O3S2/c1-13-7-8-17(25-13)26(23,24)21-10-4-6-16(12-21)18(22)20-9-3-5-15(11-20)14(2)19/h7-8,14-16H,3-6,9-12,19H2,1-2H3. The van der Waals surface area contributed by atoms with Gasteiger partial charge in [0, 0.05) is 37.1 Å². The topological polar surface area (TPSA) is 83.7 Å². The minimum atomic E-state index is -3.50. The van der Waals surface area contributed by atoms with E-state index < -0.39 is 10.0 Å². The molecule has 0 spiro atoms. The summed E-state index contributed by atoms with van der Waals surface area (Å²) in [5, 5.41) is 0. The third-order valence-corrected chi connectivity index (χ3v) is 8.89. The molecule has 0 bridgehead atoms. The molecule has 8 heteroatoms. The van der Waals surface area contributed by atoms with Crippen molar-refractivity contribution in [2.75, 3.05) is 26.2 Å². The van der Waals surface area contributed by atoms with E-state index in [0.29, 0.717) is 23.2 Å². The maximum Gasteiger partial charge on any atom is 0.252 e. The fourth-order valence-corrected chi connectivity index (χ4v) is 6.90. The molecule has 146 valence electrons. The highest BCUT2D eigenvalue weighted by Gasteiger charge is 2.37. The molecule has 1 aromatic rings. The Morgan fingerprint density at radius 3 is 2.62 bits per heavy atom. The number of aryl methyl sites for hydroxylation is 1. The van der Waals surface area contributed by atoms with Crippen LogP contribution < -0.4 is 5.73 Å². The normalized spacial score (nSPS) is 26.7. The van der Waals surface area contributed by atoms with E-state index in [1.807, 2.05) is 24.8 Å². The number of piperidine rings is 2. The van der Waals surface area contributed by atoms with Crippen LogP contribution in [0.15, 0.2) is 16.3 Å². The number of thiophene rings is 1. The van der Waals surface area contributed by atoms with Gasteiger partial charge in [0.05, 0.1) is 5.92 Å². The lowest BCUT2D eigenvalue weighted by molar-refractivity contribution is -0.138. The van der Waals surface area contributed by atoms with Crippen molar-refractivity contribution in [3.8, 4) is 0 Å². The van der Waals surface area contributed by atoms with Crippen molar-refractivity contribution in [1.29, 1.82) is 0 Å². The van der Waals surface area contributed by atoms with Crippen LogP contribution in [-0.4, -0.2) is 55.8 Å². The summed E-state index contributed by atoms with van der Waals surface area (Å²) in [6.07, 6.45) is 3.52. The van der Waals surface area contributed by atoms with E-state index >= 15 is 0 Å². The Labute approximate surface area is 160 Å². The summed E-state index contributed by atoms with van der Waals surface area (Å²) < 4.78 is 27.6. The first-order valence-corrected chi connectivity index (χ1v) is 11.7. The van der Waals surface area contributed by atoms with Gasteiger partial charge in [0.1, 0.15) is 4.21 Å². The molecular formula is C18H29N3O3S2. The van der Waals surface area contributed by atoms with E-state index in [9.17, 15) is 13.2 Å². The number of hydrogen-bond acceptors (Lipinski definition) is 5. The molecule has 3 rings (SSSR count). The van der Waals surface area contributed by atoms with Crippen molar-refractivity contribution in [3.05, 3.63) is 17.0 Å². The van der Waals surface area contributed by atoms with E-state index in [4.69, 9.17) is 5.73 Å². The smallest absolute Gasteiger partial charge is 0.252 e. The van der Waals surface area contributed by atoms with Crippen LogP contribution >= 0.6 is 11.3 Å². The highest BCUT2D eigenvalue weighted by atomic mass is 32.2. The van der Waals surface area contributed by atoms with Crippen molar-refractivity contribution in [1.82, 2.24) is 9.21 Å². The number of hydrogen-bond donors (Lipinski definition) is 1. The Kier molecular flexibility index (Phi) is 6.06. The van der Waals surface area contributed by atoms with Crippen LogP contribution in [-0.2, 0) is 14.8 Å². The van der Waals surface area contributed by atoms with Crippen molar-refractivity contribution in [2.24, 2.45) is 17.6 Å². The molecule has 3 heterocycles. The lowest BCUT2D eigenvalue weighted by Crippen LogP contribution is -2.50. The van der Waals surface area contributed by atoms with Crippen LogP contribution in [0.3, 0.4) is 0 Å². The maximum atomic E-state index is 13.0. The summed E-state index contributed by atoms with van der Waals surface area (Å²) in [6, 6.07) is 3.57. The van der Waals surface area contributed by atoms with Gasteiger partial charge in [-0.05, 0) is 57.6 Å². The number of amides is 1. The molecule has 26 heavy (non-hydrogen) atoms. The Hall–Kier alpha value is -0.960. The fraction of sp³-hybridized carbons (Fsp3) is 0.722. The van der Waals surface area contributed by atoms with Crippen LogP contribution in [0.5, 0.6) is 0 Å². The van der Waals surface area contributed by atoms with Crippen molar-refractivity contribution in [3.63, 3.8) is 0 Å². The van der Waals surface area contributed by atoms with Crippen LogP contribution in [0, 0.1) is 18.8 Å². The molecule has 2 saturated heterocycles. The van der Waals surface area contributed by atoms with Gasteiger partial charge < -0.3 is 10.6 Å². The maximum absolute atomic E-state index is 13.0. The first-order valence-electron chi connectivity index (χ1n) is 9.40. The summed E-state index contributed by atoms with van der Waals surface area (Å²) in [7, 11) is -3.50. The Bertz CT molecular complexity index is 745. The molecule has 0 saturated carbocycles. The predicted molar refractivity (Wildman–Crippen MR) is 103 cm³/mol. The molecule has 2 fully saturated rings. The van der Waals surface area contributed by atoms with Crippen molar-refractivity contribution < 1.29 is 13.2 Å². The molecule has 3 unspecified atom stereocenters. The van der Waals surface area contributed by atoms with E-state index in [1.165, 1.54) is 15.6 Å². The lowest BCUT2D eigenvalue weighted by Gasteiger charge is -2.38. The zero-order chi connectivity index (χ0) is 18.9. The van der Waals surface area contributed by atoms with Gasteiger partial charge in [-0.2, -0.15) is 4.31 Å². The minimum Gasteiger partial charge on any atom is -0.342 e. The number of likely N-dealkylation sites (tertiary alicyclic amines) is 1. The van der Waals surface area contributed by atoms with E-state index in [1.54, 1.807) is 6.07 Å². The SMILES string of the molecule is Cc1ccc(S(=O)(=O)N2CCCC(C(=O)N3CCCC(C(C)N)C3)C2)s1. The fourth-order valence-electron chi connectivity index (χ4n) is 3.94. The van der Waals surface area contributed by atoms with Gasteiger partial charge in [-0.1, -0.05) is 0 Å². The molecule has 2 aliphatic heterocycles. The molecule has 6 nitrogen and oxygen atoms in total. The summed E-state index contributed by atoms with van der Waals surface area (Å²) in [4.78, 5) is 15.9. The van der Waals surface area contributed by atoms with E-state index in [2.05, 4.69) is 0 Å². The van der Waals surface area contributed by atoms with Gasteiger partial charge in [0.25, 0.3) is 10.0 Å². The first kappa shape index (κ1) is 19.8. The molecule has 1 amide bonds. The Morgan fingerprint density at radius 2 is 1.96 bits per heavy atom. The quantitative estimate of drug-likeness (QED) is 0.840. The highest BCUT2D eigenvalue weighted by molar-refractivity contribution is 7.91. The molecular weight excluding hydrogens is 370 g/mol. The van der Waals surface area contributed by atoms with E-state index in [0.717, 1.165) is 37.1 Å². The number of carbonyl (C=O) groups is 1. The number of carbonyl (C=O) groups excluding carboxylic acids is 1. The number of nitrogens with two attached hydrogens (primary N) is 1. The summed E-state index contributed by atoms with van der Waals surface area (Å²) in [5.74, 6) is 0.189. The Morgan fingerprint density at radius 1 is 1.23 bits per heavy atom. The van der Waals surface area contributed by atoms with Crippen LogP contribution in [0.4, 0.5) is 0 Å². The third-order valence-electron chi connectivity index (χ3n) is 5.56. The van der Waals surface area contributed by atoms with Gasteiger partial charge in [0.15, 0.2) is 0 Å². The zero-order valence-corrected chi connectivity index (χ0v) is 17.2. The monoisotopic (exact) mass is 399 g/mol. The minimum absolute atomic E-state index is 0.0795. The molecule has 2 aliphatic rings. The second-order valence-electron chi connectivity index (χ2n) is 7.61. The molecule has 2 N–H and O–H groups in total. The lowest BCUT2D eigenvalue weighted by atomic mass is 9.90. The van der Waals surface area contributed by atoms with Gasteiger partial charge >= 0.3 is 0 Å². The average molecular weight is 400 g/mol. The number of sulfonamides is 1. The predicted octanol–water partition coefficient (Wildman–Crippen LogP) is 2.04. The molecule has 1 aromatic heterocycles. The summed E-state index contributed by atoms with van der Waals surface area (Å²) in [6.45, 7) is 6.14. The van der Waals surface area contributed by atoms with Crippen LogP contribution in [0.1, 0.15) is 37.5 Å². The number of rotatable bonds is 4. The van der Waals surface area contributed by atoms with Crippen LogP contribution in [0.2, 0.25) is 0 Å². The van der Waals surface area contributed by atoms with Crippen molar-refractivity contribution >= 4 is 27.3 Å². The van der Waals surface area contributed by atoms with Gasteiger partial charge in [-0.25, -0.2) is 8.42 Å². The van der Waals surface area contributed by atoms with Gasteiger partial charge in [-0.15, -0.1) is 11.3 Å². The second-order valence-corrected chi connectivity index (χ2v) is 11.1. The molecule has 0 aliphatic carbocycles. The first-order chi connectivity index (χ1) is 12.3. The number of nitrogens with zero attached hydrogens (tertiary/aromatic N) is 2. The van der Waals surface area contributed by atoms with Gasteiger partial charge in [-0.3, -0.25) is 4.79 Å². The van der Waals surface area contributed by atoms with E-state index in [-0.39, 0.29) is 24.4 Å². The largest absolute Gasteiger partial charge is 0.342 e. The Balaban J connectivity index is 1.69. The molecule has 0 radical (unpaired) electrons. The molecule has 3 atom stereocenters. The summed E-state index contributed by atoms with van der Waals surface area (Å²) >= 11 is 1.29. The second kappa shape index (κ2) is 7.96. The third kappa shape index (κ3) is 4.13. The molecule has 0 aromatic carbocycles. The van der Waals surface area contributed by atoms with Crippen molar-refractivity contribution in [2.45, 2.75) is 49.8 Å². The van der Waals surface area contributed by atoms with Crippen LogP contribution in [0.25, 0.3) is 0 Å². The van der Waals surface area contributed by atoms with Gasteiger partial charge in [0.2, 0.25) is 5.91 Å². The average Bonchev–Trinajstić information content (AvgIpc) is 3.08. The summed E-state index contributed by atoms with van der Waals surface area (Å²) in [5.41, 5.74) is 6.03. The zero-order valence-electron chi connectivity index (χ0n) is 15.6.